The summed E-state index contributed by atoms with van der Waals surface area (Å²) < 4.78 is 10.6. The van der Waals surface area contributed by atoms with Crippen molar-refractivity contribution in [3.8, 4) is 17.0 Å². The first-order valence-corrected chi connectivity index (χ1v) is 6.79. The Hall–Kier alpha value is -2.46. The number of aromatic nitrogens is 1. The van der Waals surface area contributed by atoms with Crippen molar-refractivity contribution in [1.82, 2.24) is 5.16 Å². The Morgan fingerprint density at radius 2 is 1.90 bits per heavy atom. The molecule has 3 rings (SSSR count). The Morgan fingerprint density at radius 3 is 2.57 bits per heavy atom. The van der Waals surface area contributed by atoms with E-state index in [4.69, 9.17) is 26.6 Å². The highest BCUT2D eigenvalue weighted by atomic mass is 35.5. The van der Waals surface area contributed by atoms with Crippen molar-refractivity contribution < 1.29 is 9.26 Å². The molecule has 21 heavy (non-hydrogen) atoms. The maximum absolute atomic E-state index is 6.24. The third-order valence-corrected chi connectivity index (χ3v) is 3.29. The molecule has 1 heterocycles. The van der Waals surface area contributed by atoms with Crippen LogP contribution in [0.2, 0.25) is 5.02 Å². The van der Waals surface area contributed by atoms with E-state index < -0.39 is 0 Å². The average molecular weight is 301 g/mol. The molecule has 0 aliphatic heterocycles. The van der Waals surface area contributed by atoms with Gasteiger partial charge in [0.2, 0.25) is 5.88 Å². The summed E-state index contributed by atoms with van der Waals surface area (Å²) in [7, 11) is 0. The van der Waals surface area contributed by atoms with Crippen molar-refractivity contribution in [2.75, 3.05) is 5.73 Å². The molecule has 0 atom stereocenters. The highest BCUT2D eigenvalue weighted by Gasteiger charge is 2.08. The van der Waals surface area contributed by atoms with E-state index in [-0.39, 0.29) is 5.88 Å². The summed E-state index contributed by atoms with van der Waals surface area (Å²) in [6, 6.07) is 17.0. The van der Waals surface area contributed by atoms with Crippen LogP contribution in [0.5, 0.6) is 5.75 Å². The Bertz CT molecular complexity index is 741. The lowest BCUT2D eigenvalue weighted by atomic mass is 10.1. The van der Waals surface area contributed by atoms with E-state index in [1.165, 1.54) is 0 Å². The monoisotopic (exact) mass is 300 g/mol. The van der Waals surface area contributed by atoms with Crippen LogP contribution >= 0.6 is 11.6 Å². The van der Waals surface area contributed by atoms with E-state index in [0.29, 0.717) is 23.1 Å². The van der Waals surface area contributed by atoms with Gasteiger partial charge in [0.25, 0.3) is 0 Å². The fourth-order valence-corrected chi connectivity index (χ4v) is 2.17. The van der Waals surface area contributed by atoms with Crippen molar-refractivity contribution in [2.45, 2.75) is 6.61 Å². The number of anilines is 1. The van der Waals surface area contributed by atoms with Crippen molar-refractivity contribution in [3.63, 3.8) is 0 Å². The number of hydrogen-bond donors (Lipinski definition) is 1. The van der Waals surface area contributed by atoms with Gasteiger partial charge in [0.1, 0.15) is 18.1 Å². The Morgan fingerprint density at radius 1 is 1.10 bits per heavy atom. The van der Waals surface area contributed by atoms with Gasteiger partial charge in [-0.3, -0.25) is 0 Å². The molecule has 0 amide bonds. The molecule has 0 bridgehead atoms. The second-order valence-electron chi connectivity index (χ2n) is 4.53. The molecule has 3 aromatic rings. The minimum atomic E-state index is 0.269. The maximum atomic E-state index is 6.24. The molecule has 0 unspecified atom stereocenters. The molecule has 2 N–H and O–H groups in total. The number of nitrogens with two attached hydrogens (primary N) is 1. The van der Waals surface area contributed by atoms with Gasteiger partial charge in [-0.25, -0.2) is 0 Å². The minimum absolute atomic E-state index is 0.269. The molecule has 5 heteroatoms. The maximum Gasteiger partial charge on any atom is 0.222 e. The van der Waals surface area contributed by atoms with Crippen molar-refractivity contribution >= 4 is 17.5 Å². The molecular weight excluding hydrogens is 288 g/mol. The SMILES string of the molecule is Nc1cc(-c2ccc(OCc3ccccc3)c(Cl)c2)no1. The predicted octanol–water partition coefficient (Wildman–Crippen LogP) is 4.16. The van der Waals surface area contributed by atoms with E-state index in [9.17, 15) is 0 Å². The normalized spacial score (nSPS) is 10.5. The van der Waals surface area contributed by atoms with Crippen LogP contribution in [0.1, 0.15) is 5.56 Å². The van der Waals surface area contributed by atoms with Gasteiger partial charge in [0.05, 0.1) is 5.02 Å². The van der Waals surface area contributed by atoms with E-state index in [0.717, 1.165) is 11.1 Å². The van der Waals surface area contributed by atoms with Crippen LogP contribution in [0.15, 0.2) is 59.1 Å². The van der Waals surface area contributed by atoms with Crippen molar-refractivity contribution in [2.24, 2.45) is 0 Å². The summed E-state index contributed by atoms with van der Waals surface area (Å²) in [5.74, 6) is 0.895. The van der Waals surface area contributed by atoms with Crippen LogP contribution in [0, 0.1) is 0 Å². The first kappa shape index (κ1) is 13.5. The highest BCUT2D eigenvalue weighted by Crippen LogP contribution is 2.31. The van der Waals surface area contributed by atoms with Crippen LogP contribution in [-0.2, 0) is 6.61 Å². The zero-order chi connectivity index (χ0) is 14.7. The number of nitrogens with zero attached hydrogens (tertiary/aromatic N) is 1. The lowest BCUT2D eigenvalue weighted by Crippen LogP contribution is -1.95. The Balaban J connectivity index is 1.75. The van der Waals surface area contributed by atoms with Gasteiger partial charge in [-0.2, -0.15) is 0 Å². The number of ether oxygens (including phenoxy) is 1. The smallest absolute Gasteiger partial charge is 0.222 e. The summed E-state index contributed by atoms with van der Waals surface area (Å²) in [6.07, 6.45) is 0. The second kappa shape index (κ2) is 5.89. The van der Waals surface area contributed by atoms with Crippen LogP contribution in [0.3, 0.4) is 0 Å². The molecule has 0 spiro atoms. The highest BCUT2D eigenvalue weighted by molar-refractivity contribution is 6.32. The third-order valence-electron chi connectivity index (χ3n) is 2.99. The van der Waals surface area contributed by atoms with Gasteiger partial charge in [-0.15, -0.1) is 0 Å². The molecule has 0 aliphatic carbocycles. The minimum Gasteiger partial charge on any atom is -0.487 e. The number of benzene rings is 2. The zero-order valence-corrected chi connectivity index (χ0v) is 11.9. The lowest BCUT2D eigenvalue weighted by Gasteiger charge is -2.09. The van der Waals surface area contributed by atoms with Gasteiger partial charge < -0.3 is 15.0 Å². The largest absolute Gasteiger partial charge is 0.487 e. The molecule has 4 nitrogen and oxygen atoms in total. The average Bonchev–Trinajstić information content (AvgIpc) is 2.93. The fraction of sp³-hybridized carbons (Fsp3) is 0.0625. The van der Waals surface area contributed by atoms with E-state index in [1.54, 1.807) is 12.1 Å². The Kier molecular flexibility index (Phi) is 3.79. The fourth-order valence-electron chi connectivity index (χ4n) is 1.94. The number of nitrogen functional groups attached to an aromatic ring is 1. The number of hydrogen-bond acceptors (Lipinski definition) is 4. The number of rotatable bonds is 4. The third kappa shape index (κ3) is 3.17. The topological polar surface area (TPSA) is 61.3 Å². The van der Waals surface area contributed by atoms with E-state index in [1.807, 2.05) is 42.5 Å². The van der Waals surface area contributed by atoms with E-state index >= 15 is 0 Å². The summed E-state index contributed by atoms with van der Waals surface area (Å²) in [6.45, 7) is 0.469. The van der Waals surface area contributed by atoms with Gasteiger partial charge in [0.15, 0.2) is 0 Å². The standard InChI is InChI=1S/C16H13ClN2O2/c17-13-8-12(14-9-16(18)21-19-14)6-7-15(13)20-10-11-4-2-1-3-5-11/h1-9H,10,18H2. The Labute approximate surface area is 127 Å². The zero-order valence-electron chi connectivity index (χ0n) is 11.1. The summed E-state index contributed by atoms with van der Waals surface area (Å²) in [4.78, 5) is 0. The van der Waals surface area contributed by atoms with Crippen LogP contribution in [0.4, 0.5) is 5.88 Å². The predicted molar refractivity (Wildman–Crippen MR) is 82.1 cm³/mol. The molecule has 0 saturated carbocycles. The van der Waals surface area contributed by atoms with Crippen LogP contribution in [-0.4, -0.2) is 5.16 Å². The molecule has 2 aromatic carbocycles. The molecule has 0 fully saturated rings. The molecule has 0 saturated heterocycles. The molecule has 1 aromatic heterocycles. The van der Waals surface area contributed by atoms with Gasteiger partial charge in [-0.1, -0.05) is 47.1 Å². The van der Waals surface area contributed by atoms with Crippen LogP contribution in [0.25, 0.3) is 11.3 Å². The van der Waals surface area contributed by atoms with Crippen molar-refractivity contribution in [3.05, 3.63) is 65.2 Å². The van der Waals surface area contributed by atoms with Gasteiger partial charge in [0, 0.05) is 11.6 Å². The van der Waals surface area contributed by atoms with Gasteiger partial charge in [-0.05, 0) is 23.8 Å². The second-order valence-corrected chi connectivity index (χ2v) is 4.94. The van der Waals surface area contributed by atoms with Crippen molar-refractivity contribution in [1.29, 1.82) is 0 Å². The molecule has 0 aliphatic rings. The molecular formula is C16H13ClN2O2. The lowest BCUT2D eigenvalue weighted by molar-refractivity contribution is 0.306. The summed E-state index contributed by atoms with van der Waals surface area (Å²) >= 11 is 6.24. The van der Waals surface area contributed by atoms with Crippen LogP contribution < -0.4 is 10.5 Å². The molecule has 0 radical (unpaired) electrons. The van der Waals surface area contributed by atoms with E-state index in [2.05, 4.69) is 5.16 Å². The first-order chi connectivity index (χ1) is 10.2. The number of halogens is 1. The molecule has 106 valence electrons. The summed E-state index contributed by atoms with van der Waals surface area (Å²) in [5.41, 5.74) is 8.06. The summed E-state index contributed by atoms with van der Waals surface area (Å²) in [5, 5.41) is 4.37. The first-order valence-electron chi connectivity index (χ1n) is 6.41. The quantitative estimate of drug-likeness (QED) is 0.786. The van der Waals surface area contributed by atoms with Gasteiger partial charge >= 0.3 is 0 Å².